The second-order valence-corrected chi connectivity index (χ2v) is 7.03. The van der Waals surface area contributed by atoms with Crippen molar-refractivity contribution in [1.82, 2.24) is 0 Å². The standard InChI is InChI=1S/C9H9Cl2O2Si/c1-6-12-5-7-4-8(14(10)11)2-3-9(7)13-6/h2-4,6H,5H2,1H3. The molecule has 1 atom stereocenters. The second-order valence-electron chi connectivity index (χ2n) is 3.08. The van der Waals surface area contributed by atoms with Gasteiger partial charge in [0, 0.05) is 5.56 Å². The highest BCUT2D eigenvalue weighted by atomic mass is 35.7. The zero-order chi connectivity index (χ0) is 10.1. The van der Waals surface area contributed by atoms with Crippen LogP contribution in [0.1, 0.15) is 12.5 Å². The molecule has 0 bridgehead atoms. The third-order valence-corrected chi connectivity index (χ3v) is 4.10. The Morgan fingerprint density at radius 3 is 2.93 bits per heavy atom. The van der Waals surface area contributed by atoms with Crippen LogP contribution in [0, 0.1) is 0 Å². The summed E-state index contributed by atoms with van der Waals surface area (Å²) in [6.45, 7) is 2.43. The van der Waals surface area contributed by atoms with Crippen LogP contribution in [0.2, 0.25) is 0 Å². The summed E-state index contributed by atoms with van der Waals surface area (Å²) in [5.74, 6) is 0.865. The maximum Gasteiger partial charge on any atom is 0.307 e. The van der Waals surface area contributed by atoms with Crippen molar-refractivity contribution < 1.29 is 9.47 Å². The Bertz CT molecular complexity index is 344. The summed E-state index contributed by atoms with van der Waals surface area (Å²) in [4.78, 5) is 0. The van der Waals surface area contributed by atoms with E-state index in [0.717, 1.165) is 16.5 Å². The first-order valence-electron chi connectivity index (χ1n) is 4.26. The van der Waals surface area contributed by atoms with Crippen molar-refractivity contribution in [2.45, 2.75) is 19.8 Å². The van der Waals surface area contributed by atoms with Gasteiger partial charge in [-0.1, -0.05) is 12.1 Å². The molecule has 1 unspecified atom stereocenters. The lowest BCUT2D eigenvalue weighted by Crippen LogP contribution is -2.25. The zero-order valence-corrected chi connectivity index (χ0v) is 10.1. The summed E-state index contributed by atoms with van der Waals surface area (Å²) in [7, 11) is -1.42. The third-order valence-electron chi connectivity index (χ3n) is 2.05. The van der Waals surface area contributed by atoms with E-state index in [9.17, 15) is 0 Å². The molecule has 0 fully saturated rings. The number of benzene rings is 1. The Morgan fingerprint density at radius 1 is 1.43 bits per heavy atom. The Hall–Kier alpha value is -0.223. The van der Waals surface area contributed by atoms with Crippen molar-refractivity contribution in [1.29, 1.82) is 0 Å². The van der Waals surface area contributed by atoms with Crippen LogP contribution in [0.3, 0.4) is 0 Å². The number of rotatable bonds is 1. The van der Waals surface area contributed by atoms with Gasteiger partial charge in [0.2, 0.25) is 0 Å². The Labute approximate surface area is 93.7 Å². The Kier molecular flexibility index (Phi) is 3.02. The molecule has 5 heteroatoms. The highest BCUT2D eigenvalue weighted by Crippen LogP contribution is 2.25. The molecular formula is C9H9Cl2O2Si. The van der Waals surface area contributed by atoms with E-state index in [0.29, 0.717) is 6.61 Å². The molecule has 0 aliphatic carbocycles. The van der Waals surface area contributed by atoms with Crippen LogP contribution in [0.25, 0.3) is 0 Å². The molecule has 0 spiro atoms. The van der Waals surface area contributed by atoms with Gasteiger partial charge in [-0.2, -0.15) is 0 Å². The van der Waals surface area contributed by atoms with Gasteiger partial charge in [0.05, 0.1) is 6.61 Å². The summed E-state index contributed by atoms with van der Waals surface area (Å²) < 4.78 is 10.8. The van der Waals surface area contributed by atoms with Gasteiger partial charge in [-0.15, -0.1) is 22.2 Å². The van der Waals surface area contributed by atoms with Gasteiger partial charge in [0.25, 0.3) is 0 Å². The minimum Gasteiger partial charge on any atom is -0.465 e. The summed E-state index contributed by atoms with van der Waals surface area (Å²) in [5, 5.41) is 0.971. The molecule has 75 valence electrons. The average molecular weight is 248 g/mol. The van der Waals surface area contributed by atoms with Crippen LogP contribution >= 0.6 is 22.2 Å². The zero-order valence-electron chi connectivity index (χ0n) is 7.59. The van der Waals surface area contributed by atoms with Crippen LogP contribution < -0.4 is 9.92 Å². The molecule has 14 heavy (non-hydrogen) atoms. The monoisotopic (exact) mass is 247 g/mol. The molecule has 1 aliphatic rings. The molecule has 0 saturated carbocycles. The molecule has 0 amide bonds. The van der Waals surface area contributed by atoms with E-state index >= 15 is 0 Å². The molecule has 0 aromatic heterocycles. The van der Waals surface area contributed by atoms with Crippen molar-refractivity contribution in [3.05, 3.63) is 23.8 Å². The summed E-state index contributed by atoms with van der Waals surface area (Å²) in [6, 6.07) is 5.76. The number of ether oxygens (including phenoxy) is 2. The molecule has 1 aromatic rings. The molecule has 2 nitrogen and oxygen atoms in total. The third kappa shape index (κ3) is 2.06. The smallest absolute Gasteiger partial charge is 0.307 e. The number of fused-ring (bicyclic) bond motifs is 1. The number of hydrogen-bond donors (Lipinski definition) is 0. The van der Waals surface area contributed by atoms with Gasteiger partial charge < -0.3 is 9.47 Å². The quantitative estimate of drug-likeness (QED) is 0.559. The van der Waals surface area contributed by atoms with Gasteiger partial charge in [-0.25, -0.2) is 0 Å². The van der Waals surface area contributed by atoms with Crippen molar-refractivity contribution in [2.75, 3.05) is 0 Å². The van der Waals surface area contributed by atoms with Gasteiger partial charge >= 0.3 is 7.42 Å². The van der Waals surface area contributed by atoms with Crippen LogP contribution in [0.5, 0.6) is 5.75 Å². The molecular weight excluding hydrogens is 239 g/mol. The van der Waals surface area contributed by atoms with Gasteiger partial charge in [0.1, 0.15) is 5.75 Å². The highest BCUT2D eigenvalue weighted by Gasteiger charge is 2.18. The van der Waals surface area contributed by atoms with Crippen molar-refractivity contribution in [3.63, 3.8) is 0 Å². The first kappa shape index (κ1) is 10.3. The van der Waals surface area contributed by atoms with E-state index < -0.39 is 7.42 Å². The minimum absolute atomic E-state index is 0.176. The minimum atomic E-state index is -1.42. The fraction of sp³-hybridized carbons (Fsp3) is 0.333. The highest BCUT2D eigenvalue weighted by molar-refractivity contribution is 7.39. The number of halogens is 2. The molecule has 2 rings (SSSR count). The van der Waals surface area contributed by atoms with E-state index in [1.807, 2.05) is 25.1 Å². The largest absolute Gasteiger partial charge is 0.465 e. The lowest BCUT2D eigenvalue weighted by molar-refractivity contribution is -0.0943. The van der Waals surface area contributed by atoms with Gasteiger partial charge in [-0.3, -0.25) is 0 Å². The first-order valence-corrected chi connectivity index (χ1v) is 7.78. The fourth-order valence-electron chi connectivity index (χ4n) is 1.34. The Morgan fingerprint density at radius 2 is 2.21 bits per heavy atom. The van der Waals surface area contributed by atoms with Crippen molar-refractivity contribution in [3.8, 4) is 5.75 Å². The summed E-state index contributed by atoms with van der Waals surface area (Å²) in [6.07, 6.45) is -0.176. The summed E-state index contributed by atoms with van der Waals surface area (Å²) >= 11 is 11.7. The van der Waals surface area contributed by atoms with E-state index in [-0.39, 0.29) is 6.29 Å². The SMILES string of the molecule is CC1OCc2cc([Si](Cl)Cl)ccc2O1. The summed E-state index contributed by atoms with van der Waals surface area (Å²) in [5.41, 5.74) is 1.02. The van der Waals surface area contributed by atoms with Crippen molar-refractivity contribution in [2.24, 2.45) is 0 Å². The maximum absolute atomic E-state index is 5.86. The molecule has 0 N–H and O–H groups in total. The van der Waals surface area contributed by atoms with E-state index in [1.54, 1.807) is 0 Å². The van der Waals surface area contributed by atoms with Gasteiger partial charge in [-0.05, 0) is 18.2 Å². The molecule has 1 heterocycles. The van der Waals surface area contributed by atoms with Crippen LogP contribution in [0.15, 0.2) is 18.2 Å². The molecule has 0 saturated heterocycles. The average Bonchev–Trinajstić information content (AvgIpc) is 2.16. The van der Waals surface area contributed by atoms with E-state index in [4.69, 9.17) is 31.6 Å². The molecule has 1 aromatic carbocycles. The predicted molar refractivity (Wildman–Crippen MR) is 58.4 cm³/mol. The predicted octanol–water partition coefficient (Wildman–Crippen LogP) is 2.11. The lowest BCUT2D eigenvalue weighted by atomic mass is 10.2. The normalized spacial score (nSPS) is 20.4. The van der Waals surface area contributed by atoms with Crippen LogP contribution in [-0.4, -0.2) is 13.7 Å². The number of hydrogen-bond acceptors (Lipinski definition) is 2. The van der Waals surface area contributed by atoms with Crippen LogP contribution in [-0.2, 0) is 11.3 Å². The van der Waals surface area contributed by atoms with Crippen molar-refractivity contribution >= 4 is 34.8 Å². The van der Waals surface area contributed by atoms with Gasteiger partial charge in [0.15, 0.2) is 6.29 Å². The van der Waals surface area contributed by atoms with Crippen LogP contribution in [0.4, 0.5) is 0 Å². The maximum atomic E-state index is 5.86. The lowest BCUT2D eigenvalue weighted by Gasteiger charge is -2.24. The second kappa shape index (κ2) is 4.11. The first-order chi connectivity index (χ1) is 6.66. The Balaban J connectivity index is 2.31. The van der Waals surface area contributed by atoms with E-state index in [1.165, 1.54) is 0 Å². The molecule has 1 radical (unpaired) electrons. The fourth-order valence-corrected chi connectivity index (χ4v) is 2.54. The van der Waals surface area contributed by atoms with E-state index in [2.05, 4.69) is 0 Å². The molecule has 1 aliphatic heterocycles. The topological polar surface area (TPSA) is 18.5 Å².